The molecule has 0 aliphatic carbocycles. The predicted molar refractivity (Wildman–Crippen MR) is 50.8 cm³/mol. The van der Waals surface area contributed by atoms with Gasteiger partial charge in [0.15, 0.2) is 0 Å². The maximum absolute atomic E-state index is 10.8. The number of hydrogen-bond acceptors (Lipinski definition) is 2. The lowest BCUT2D eigenvalue weighted by Crippen LogP contribution is -2.19. The van der Waals surface area contributed by atoms with Crippen molar-refractivity contribution in [2.75, 3.05) is 0 Å². The van der Waals surface area contributed by atoms with Crippen LogP contribution in [0, 0.1) is 0 Å². The Morgan fingerprint density at radius 3 is 2.69 bits per heavy atom. The molecule has 0 amide bonds. The zero-order valence-corrected chi connectivity index (χ0v) is 7.53. The highest BCUT2D eigenvalue weighted by molar-refractivity contribution is 5.89. The van der Waals surface area contributed by atoms with Crippen molar-refractivity contribution in [3.05, 3.63) is 35.4 Å². The van der Waals surface area contributed by atoms with Gasteiger partial charge in [-0.05, 0) is 25.0 Å². The second kappa shape index (κ2) is 4.05. The molecule has 0 bridgehead atoms. The zero-order valence-electron chi connectivity index (χ0n) is 7.53. The zero-order chi connectivity index (χ0) is 9.84. The van der Waals surface area contributed by atoms with Gasteiger partial charge in [0.25, 0.3) is 0 Å². The van der Waals surface area contributed by atoms with Gasteiger partial charge in [-0.1, -0.05) is 18.2 Å². The molecular formula is C10H13NO2. The van der Waals surface area contributed by atoms with E-state index in [1.807, 2.05) is 13.0 Å². The summed E-state index contributed by atoms with van der Waals surface area (Å²) < 4.78 is 0. The van der Waals surface area contributed by atoms with E-state index >= 15 is 0 Å². The molecule has 0 spiro atoms. The lowest BCUT2D eigenvalue weighted by molar-refractivity contribution is 0.0695. The summed E-state index contributed by atoms with van der Waals surface area (Å²) >= 11 is 0. The quantitative estimate of drug-likeness (QED) is 0.734. The molecule has 0 unspecified atom stereocenters. The van der Waals surface area contributed by atoms with Crippen LogP contribution in [0.4, 0.5) is 0 Å². The summed E-state index contributed by atoms with van der Waals surface area (Å²) in [7, 11) is 0. The van der Waals surface area contributed by atoms with Crippen LogP contribution in [0.1, 0.15) is 22.8 Å². The third-order valence-electron chi connectivity index (χ3n) is 1.79. The third-order valence-corrected chi connectivity index (χ3v) is 1.79. The molecule has 1 aromatic rings. The molecule has 0 heterocycles. The molecule has 1 aromatic carbocycles. The minimum Gasteiger partial charge on any atom is -0.478 e. The Hall–Kier alpha value is -1.35. The van der Waals surface area contributed by atoms with Crippen molar-refractivity contribution >= 4 is 5.97 Å². The molecule has 0 aliphatic rings. The fraction of sp³-hybridized carbons (Fsp3) is 0.300. The van der Waals surface area contributed by atoms with Gasteiger partial charge in [0, 0.05) is 6.04 Å². The lowest BCUT2D eigenvalue weighted by atomic mass is 10.0. The van der Waals surface area contributed by atoms with Crippen molar-refractivity contribution in [2.24, 2.45) is 5.73 Å². The molecule has 0 fully saturated rings. The molecule has 13 heavy (non-hydrogen) atoms. The molecule has 3 heteroatoms. The van der Waals surface area contributed by atoms with E-state index in [4.69, 9.17) is 10.8 Å². The summed E-state index contributed by atoms with van der Waals surface area (Å²) in [5, 5.41) is 8.84. The van der Waals surface area contributed by atoms with E-state index in [0.29, 0.717) is 12.0 Å². The van der Waals surface area contributed by atoms with Gasteiger partial charge in [-0.15, -0.1) is 0 Å². The maximum Gasteiger partial charge on any atom is 0.335 e. The highest BCUT2D eigenvalue weighted by Gasteiger charge is 2.09. The second-order valence-corrected chi connectivity index (χ2v) is 3.14. The SMILES string of the molecule is C[C@H](N)Cc1ccccc1C(=O)O. The summed E-state index contributed by atoms with van der Waals surface area (Å²) in [4.78, 5) is 10.8. The maximum atomic E-state index is 10.8. The summed E-state index contributed by atoms with van der Waals surface area (Å²) in [6, 6.07) is 6.92. The molecule has 1 rings (SSSR count). The molecule has 3 nitrogen and oxygen atoms in total. The van der Waals surface area contributed by atoms with E-state index in [-0.39, 0.29) is 6.04 Å². The molecule has 0 aromatic heterocycles. The van der Waals surface area contributed by atoms with Crippen molar-refractivity contribution in [1.29, 1.82) is 0 Å². The topological polar surface area (TPSA) is 63.3 Å². The van der Waals surface area contributed by atoms with Crippen molar-refractivity contribution in [1.82, 2.24) is 0 Å². The molecule has 3 N–H and O–H groups in total. The van der Waals surface area contributed by atoms with E-state index in [0.717, 1.165) is 5.56 Å². The molecule has 0 aliphatic heterocycles. The van der Waals surface area contributed by atoms with Gasteiger partial charge < -0.3 is 10.8 Å². The first-order valence-electron chi connectivity index (χ1n) is 4.18. The molecule has 0 radical (unpaired) electrons. The van der Waals surface area contributed by atoms with Gasteiger partial charge in [0.05, 0.1) is 5.56 Å². The monoisotopic (exact) mass is 179 g/mol. The lowest BCUT2D eigenvalue weighted by Gasteiger charge is -2.07. The van der Waals surface area contributed by atoms with Crippen LogP contribution in [0.15, 0.2) is 24.3 Å². The van der Waals surface area contributed by atoms with E-state index in [2.05, 4.69) is 0 Å². The number of nitrogens with two attached hydrogens (primary N) is 1. The Bertz CT molecular complexity index is 308. The van der Waals surface area contributed by atoms with Crippen molar-refractivity contribution in [2.45, 2.75) is 19.4 Å². The van der Waals surface area contributed by atoms with Crippen LogP contribution in [0.2, 0.25) is 0 Å². The van der Waals surface area contributed by atoms with Crippen LogP contribution in [-0.4, -0.2) is 17.1 Å². The summed E-state index contributed by atoms with van der Waals surface area (Å²) in [5.74, 6) is -0.892. The van der Waals surface area contributed by atoms with Crippen molar-refractivity contribution in [3.8, 4) is 0 Å². The average Bonchev–Trinajstić information content (AvgIpc) is 2.03. The Kier molecular flexibility index (Phi) is 3.03. The Labute approximate surface area is 77.2 Å². The highest BCUT2D eigenvalue weighted by atomic mass is 16.4. The minimum atomic E-state index is -0.892. The van der Waals surface area contributed by atoms with Gasteiger partial charge in [0.2, 0.25) is 0 Å². The van der Waals surface area contributed by atoms with E-state index < -0.39 is 5.97 Å². The van der Waals surface area contributed by atoms with Crippen LogP contribution < -0.4 is 5.73 Å². The largest absolute Gasteiger partial charge is 0.478 e. The molecule has 0 saturated carbocycles. The van der Waals surface area contributed by atoms with E-state index in [1.165, 1.54) is 0 Å². The fourth-order valence-corrected chi connectivity index (χ4v) is 1.25. The summed E-state index contributed by atoms with van der Waals surface area (Å²) in [6.45, 7) is 1.86. The molecular weight excluding hydrogens is 166 g/mol. The fourth-order valence-electron chi connectivity index (χ4n) is 1.25. The summed E-state index contributed by atoms with van der Waals surface area (Å²) in [6.07, 6.45) is 0.600. The van der Waals surface area contributed by atoms with Gasteiger partial charge in [-0.3, -0.25) is 0 Å². The number of hydrogen-bond donors (Lipinski definition) is 2. The second-order valence-electron chi connectivity index (χ2n) is 3.14. The van der Waals surface area contributed by atoms with Crippen molar-refractivity contribution in [3.63, 3.8) is 0 Å². The van der Waals surface area contributed by atoms with E-state index in [1.54, 1.807) is 18.2 Å². The van der Waals surface area contributed by atoms with Gasteiger partial charge in [-0.25, -0.2) is 4.79 Å². The van der Waals surface area contributed by atoms with Gasteiger partial charge >= 0.3 is 5.97 Å². The Morgan fingerprint density at radius 1 is 1.54 bits per heavy atom. The standard InChI is InChI=1S/C10H13NO2/c1-7(11)6-8-4-2-3-5-9(8)10(12)13/h2-5,7H,6,11H2,1H3,(H,12,13)/t7-/m0/s1. The first kappa shape index (κ1) is 9.74. The number of benzene rings is 1. The Balaban J connectivity index is 2.98. The number of carboxylic acid groups (broad SMARTS) is 1. The first-order valence-corrected chi connectivity index (χ1v) is 4.18. The normalized spacial score (nSPS) is 12.5. The number of rotatable bonds is 3. The van der Waals surface area contributed by atoms with Crippen LogP contribution >= 0.6 is 0 Å². The number of carbonyl (C=O) groups is 1. The summed E-state index contributed by atoms with van der Waals surface area (Å²) in [5.41, 5.74) is 6.74. The van der Waals surface area contributed by atoms with Crippen LogP contribution in [0.3, 0.4) is 0 Å². The highest BCUT2D eigenvalue weighted by Crippen LogP contribution is 2.10. The third kappa shape index (κ3) is 2.56. The number of aromatic carboxylic acids is 1. The van der Waals surface area contributed by atoms with Gasteiger partial charge in [-0.2, -0.15) is 0 Å². The van der Waals surface area contributed by atoms with Crippen LogP contribution in [0.5, 0.6) is 0 Å². The van der Waals surface area contributed by atoms with Crippen LogP contribution in [-0.2, 0) is 6.42 Å². The minimum absolute atomic E-state index is 0.0134. The van der Waals surface area contributed by atoms with Crippen LogP contribution in [0.25, 0.3) is 0 Å². The first-order chi connectivity index (χ1) is 6.11. The Morgan fingerprint density at radius 2 is 2.15 bits per heavy atom. The van der Waals surface area contributed by atoms with Gasteiger partial charge in [0.1, 0.15) is 0 Å². The molecule has 1 atom stereocenters. The predicted octanol–water partition coefficient (Wildman–Crippen LogP) is 1.27. The smallest absolute Gasteiger partial charge is 0.335 e. The average molecular weight is 179 g/mol. The molecule has 0 saturated heterocycles. The number of carboxylic acids is 1. The van der Waals surface area contributed by atoms with E-state index in [9.17, 15) is 4.79 Å². The molecule has 70 valence electrons. The van der Waals surface area contributed by atoms with Crippen molar-refractivity contribution < 1.29 is 9.90 Å².